The normalized spacial score (nSPS) is 38.6. The zero-order chi connectivity index (χ0) is 19.3. The van der Waals surface area contributed by atoms with Crippen LogP contribution in [-0.4, -0.2) is 63.1 Å². The van der Waals surface area contributed by atoms with Crippen molar-refractivity contribution in [3.05, 3.63) is 22.7 Å². The number of hydrogen-bond donors (Lipinski definition) is 1. The summed E-state index contributed by atoms with van der Waals surface area (Å²) in [5.41, 5.74) is -1.79. The highest BCUT2D eigenvalue weighted by atomic mass is 32.2. The molecule has 3 heterocycles. The van der Waals surface area contributed by atoms with Crippen LogP contribution < -0.4 is 10.5 Å². The van der Waals surface area contributed by atoms with Crippen LogP contribution >= 0.6 is 0 Å². The first-order valence-corrected chi connectivity index (χ1v) is 10.9. The van der Waals surface area contributed by atoms with Gasteiger partial charge in [-0.2, -0.15) is 4.36 Å². The van der Waals surface area contributed by atoms with Gasteiger partial charge in [0.05, 0.1) is 33.7 Å². The van der Waals surface area contributed by atoms with E-state index in [4.69, 9.17) is 4.74 Å². The van der Waals surface area contributed by atoms with Gasteiger partial charge in [-0.25, -0.2) is 13.6 Å². The lowest BCUT2D eigenvalue weighted by molar-refractivity contribution is -0.122. The van der Waals surface area contributed by atoms with Crippen LogP contribution in [0.15, 0.2) is 21.6 Å². The Morgan fingerprint density at radius 3 is 2.81 bits per heavy atom. The van der Waals surface area contributed by atoms with Gasteiger partial charge in [0.15, 0.2) is 0 Å². The molecule has 1 aromatic heterocycles. The van der Waals surface area contributed by atoms with Gasteiger partial charge in [0.2, 0.25) is 0 Å². The summed E-state index contributed by atoms with van der Waals surface area (Å²) in [6.07, 6.45) is 1.35. The van der Waals surface area contributed by atoms with E-state index in [9.17, 15) is 18.2 Å². The molecule has 0 bridgehead atoms. The number of amides is 1. The van der Waals surface area contributed by atoms with Gasteiger partial charge in [-0.15, -0.1) is 0 Å². The first-order chi connectivity index (χ1) is 12.7. The Bertz CT molecular complexity index is 927. The quantitative estimate of drug-likeness (QED) is 0.793. The SMILES string of the molecule is CC1(C(=O)N=S2(=O)CCC3(CC2)CN(c2cc(=O)[nH]cn2)CCO3)CC1F. The predicted octanol–water partition coefficient (Wildman–Crippen LogP) is 0.882. The van der Waals surface area contributed by atoms with E-state index in [0.717, 1.165) is 0 Å². The molecule has 1 aliphatic carbocycles. The lowest BCUT2D eigenvalue weighted by Crippen LogP contribution is -2.55. The van der Waals surface area contributed by atoms with E-state index >= 15 is 0 Å². The van der Waals surface area contributed by atoms with E-state index in [2.05, 4.69) is 14.3 Å². The number of rotatable bonds is 2. The average molecular weight is 398 g/mol. The van der Waals surface area contributed by atoms with Crippen molar-refractivity contribution in [3.63, 3.8) is 0 Å². The number of halogens is 1. The highest BCUT2D eigenvalue weighted by molar-refractivity contribution is 7.93. The summed E-state index contributed by atoms with van der Waals surface area (Å²) in [6.45, 7) is 3.17. The molecule has 27 heavy (non-hydrogen) atoms. The van der Waals surface area contributed by atoms with Crippen LogP contribution in [-0.2, 0) is 19.3 Å². The number of nitrogens with zero attached hydrogens (tertiary/aromatic N) is 3. The summed E-state index contributed by atoms with van der Waals surface area (Å²) < 4.78 is 36.3. The molecule has 3 aliphatic rings. The Hall–Kier alpha value is -1.81. The minimum atomic E-state index is -2.68. The van der Waals surface area contributed by atoms with Crippen molar-refractivity contribution < 1.29 is 18.1 Å². The van der Waals surface area contributed by atoms with Gasteiger partial charge in [-0.3, -0.25) is 9.59 Å². The maximum absolute atomic E-state index is 13.4. The monoisotopic (exact) mass is 398 g/mol. The van der Waals surface area contributed by atoms with Crippen LogP contribution in [0.5, 0.6) is 0 Å². The third-order valence-electron chi connectivity index (χ3n) is 5.86. The van der Waals surface area contributed by atoms with Gasteiger partial charge in [0.1, 0.15) is 12.0 Å². The minimum absolute atomic E-state index is 0.163. The summed E-state index contributed by atoms with van der Waals surface area (Å²) in [5, 5.41) is 0. The van der Waals surface area contributed by atoms with E-state index in [1.54, 1.807) is 0 Å². The zero-order valence-electron chi connectivity index (χ0n) is 15.1. The molecular weight excluding hydrogens is 375 g/mol. The van der Waals surface area contributed by atoms with Crippen LogP contribution in [0.1, 0.15) is 26.2 Å². The fourth-order valence-corrected chi connectivity index (χ4v) is 5.95. The number of carbonyl (C=O) groups is 1. The van der Waals surface area contributed by atoms with Gasteiger partial charge in [-0.05, 0) is 26.2 Å². The third kappa shape index (κ3) is 3.52. The smallest absolute Gasteiger partial charge is 0.262 e. The second-order valence-corrected chi connectivity index (χ2v) is 10.4. The fraction of sp³-hybridized carbons (Fsp3) is 0.706. The van der Waals surface area contributed by atoms with Crippen molar-refractivity contribution in [2.45, 2.75) is 38.0 Å². The van der Waals surface area contributed by atoms with Crippen LogP contribution in [0.25, 0.3) is 0 Å². The van der Waals surface area contributed by atoms with E-state index in [1.807, 2.05) is 4.90 Å². The Morgan fingerprint density at radius 1 is 1.48 bits per heavy atom. The first kappa shape index (κ1) is 18.5. The maximum Gasteiger partial charge on any atom is 0.262 e. The topological polar surface area (TPSA) is 105 Å². The van der Waals surface area contributed by atoms with E-state index in [0.29, 0.717) is 38.4 Å². The molecule has 2 unspecified atom stereocenters. The number of nitrogens with one attached hydrogen (secondary N) is 1. The lowest BCUT2D eigenvalue weighted by Gasteiger charge is -2.45. The van der Waals surface area contributed by atoms with E-state index in [-0.39, 0.29) is 23.5 Å². The molecule has 148 valence electrons. The number of hydrogen-bond acceptors (Lipinski definition) is 6. The van der Waals surface area contributed by atoms with Gasteiger partial charge in [0, 0.05) is 30.7 Å². The maximum atomic E-state index is 13.4. The molecule has 0 radical (unpaired) electrons. The van der Waals surface area contributed by atoms with Crippen molar-refractivity contribution in [1.82, 2.24) is 9.97 Å². The second-order valence-electron chi connectivity index (χ2n) is 7.89. The molecule has 10 heteroatoms. The van der Waals surface area contributed by atoms with E-state index in [1.165, 1.54) is 19.3 Å². The van der Waals surface area contributed by atoms with Crippen LogP contribution in [0.4, 0.5) is 10.2 Å². The van der Waals surface area contributed by atoms with E-state index < -0.39 is 32.8 Å². The molecule has 8 nitrogen and oxygen atoms in total. The highest BCUT2D eigenvalue weighted by Crippen LogP contribution is 2.49. The summed E-state index contributed by atoms with van der Waals surface area (Å²) >= 11 is 0. The molecule has 4 rings (SSSR count). The first-order valence-electron chi connectivity index (χ1n) is 9.08. The number of aromatic nitrogens is 2. The van der Waals surface area contributed by atoms with Gasteiger partial charge in [0.25, 0.3) is 11.5 Å². The summed E-state index contributed by atoms with van der Waals surface area (Å²) in [5.74, 6) is 0.517. The van der Waals surface area contributed by atoms with Crippen molar-refractivity contribution in [2.75, 3.05) is 36.1 Å². The summed E-state index contributed by atoms with van der Waals surface area (Å²) in [6, 6.07) is 1.45. The fourth-order valence-electron chi connectivity index (χ4n) is 3.67. The second kappa shape index (κ2) is 6.37. The number of ether oxygens (including phenoxy) is 1. The molecular formula is C17H23FN4O4S. The van der Waals surface area contributed by atoms with Crippen LogP contribution in [0.3, 0.4) is 0 Å². The Kier molecular flexibility index (Phi) is 4.38. The largest absolute Gasteiger partial charge is 0.371 e. The number of anilines is 1. The summed E-state index contributed by atoms with van der Waals surface area (Å²) in [4.78, 5) is 32.4. The van der Waals surface area contributed by atoms with Crippen LogP contribution in [0, 0.1) is 5.41 Å². The zero-order valence-corrected chi connectivity index (χ0v) is 16.0. The van der Waals surface area contributed by atoms with Gasteiger partial charge < -0.3 is 14.6 Å². The Morgan fingerprint density at radius 2 is 2.19 bits per heavy atom. The van der Waals surface area contributed by atoms with Crippen molar-refractivity contribution in [3.8, 4) is 0 Å². The molecule has 1 N–H and O–H groups in total. The highest BCUT2D eigenvalue weighted by Gasteiger charge is 2.58. The minimum Gasteiger partial charge on any atom is -0.371 e. The molecule has 1 saturated carbocycles. The summed E-state index contributed by atoms with van der Waals surface area (Å²) in [7, 11) is -2.68. The number of morpholine rings is 1. The number of aromatic amines is 1. The average Bonchev–Trinajstić information content (AvgIpc) is 3.27. The van der Waals surface area contributed by atoms with Crippen LogP contribution in [0.2, 0.25) is 0 Å². The molecule has 3 fully saturated rings. The van der Waals surface area contributed by atoms with Gasteiger partial charge >= 0.3 is 0 Å². The molecule has 1 amide bonds. The Labute approximate surface area is 156 Å². The molecule has 2 atom stereocenters. The third-order valence-corrected chi connectivity index (χ3v) is 8.04. The predicted molar refractivity (Wildman–Crippen MR) is 97.9 cm³/mol. The lowest BCUT2D eigenvalue weighted by atomic mass is 9.94. The molecule has 2 saturated heterocycles. The number of carbonyl (C=O) groups excluding carboxylic acids is 1. The van der Waals surface area contributed by atoms with Crippen molar-refractivity contribution >= 4 is 21.5 Å². The van der Waals surface area contributed by atoms with Crippen molar-refractivity contribution in [1.29, 1.82) is 0 Å². The number of alkyl halides is 1. The van der Waals surface area contributed by atoms with Crippen molar-refractivity contribution in [2.24, 2.45) is 9.78 Å². The number of H-pyrrole nitrogens is 1. The molecule has 0 aromatic carbocycles. The van der Waals surface area contributed by atoms with Gasteiger partial charge in [-0.1, -0.05) is 0 Å². The molecule has 1 aromatic rings. The molecule has 2 aliphatic heterocycles. The Balaban J connectivity index is 1.47. The molecule has 1 spiro atoms. The standard InChI is InChI=1S/C17H23FN4O4S/c1-16(9-12(16)18)15(24)21-27(25)6-2-17(3-7-27)10-22(4-5-26-17)13-8-14(23)20-11-19-13/h8,11-12H,2-7,9-10H2,1H3,(H,19,20,23).